The maximum absolute atomic E-state index is 12.6. The standard InChI is InChI=1S/C21H21NO4/c1-4-15-12-20(23)26-19-13-17(10-11-18(15)19)25-14(2)21(24)22(3)16-8-6-5-7-9-16/h5-14H,4H2,1-3H3. The molecule has 1 unspecified atom stereocenters. The van der Waals surface area contributed by atoms with Crippen LogP contribution in [0.1, 0.15) is 19.4 Å². The largest absolute Gasteiger partial charge is 0.481 e. The first-order valence-electron chi connectivity index (χ1n) is 8.55. The molecule has 5 heteroatoms. The number of para-hydroxylation sites is 1. The Labute approximate surface area is 151 Å². The zero-order chi connectivity index (χ0) is 18.7. The smallest absolute Gasteiger partial charge is 0.336 e. The first kappa shape index (κ1) is 17.7. The van der Waals surface area contributed by atoms with Gasteiger partial charge in [-0.25, -0.2) is 4.79 Å². The summed E-state index contributed by atoms with van der Waals surface area (Å²) < 4.78 is 11.1. The lowest BCUT2D eigenvalue weighted by Crippen LogP contribution is -2.37. The van der Waals surface area contributed by atoms with Crippen LogP contribution in [0.3, 0.4) is 0 Å². The number of benzene rings is 2. The molecule has 5 nitrogen and oxygen atoms in total. The maximum atomic E-state index is 12.6. The minimum absolute atomic E-state index is 0.167. The number of amides is 1. The van der Waals surface area contributed by atoms with Crippen LogP contribution in [-0.4, -0.2) is 19.1 Å². The summed E-state index contributed by atoms with van der Waals surface area (Å²) in [5.41, 5.74) is 1.79. The van der Waals surface area contributed by atoms with Gasteiger partial charge < -0.3 is 14.1 Å². The number of hydrogen-bond acceptors (Lipinski definition) is 4. The second kappa shape index (κ2) is 7.44. The van der Waals surface area contributed by atoms with E-state index in [-0.39, 0.29) is 11.5 Å². The average molecular weight is 351 g/mol. The molecule has 3 aromatic rings. The van der Waals surface area contributed by atoms with Crippen molar-refractivity contribution < 1.29 is 13.9 Å². The Kier molecular flexibility index (Phi) is 5.07. The molecule has 26 heavy (non-hydrogen) atoms. The van der Waals surface area contributed by atoms with Crippen molar-refractivity contribution >= 4 is 22.6 Å². The van der Waals surface area contributed by atoms with E-state index in [2.05, 4.69) is 0 Å². The summed E-state index contributed by atoms with van der Waals surface area (Å²) >= 11 is 0. The number of hydrogen-bond donors (Lipinski definition) is 0. The lowest BCUT2D eigenvalue weighted by Gasteiger charge is -2.22. The first-order valence-corrected chi connectivity index (χ1v) is 8.55. The van der Waals surface area contributed by atoms with Crippen molar-refractivity contribution in [3.63, 3.8) is 0 Å². The van der Waals surface area contributed by atoms with Crippen LogP contribution in [0, 0.1) is 0 Å². The van der Waals surface area contributed by atoms with Gasteiger partial charge in [0.25, 0.3) is 5.91 Å². The summed E-state index contributed by atoms with van der Waals surface area (Å²) in [6.45, 7) is 3.68. The summed E-state index contributed by atoms with van der Waals surface area (Å²) in [6.07, 6.45) is 0.0535. The normalized spacial score (nSPS) is 12.0. The Morgan fingerprint density at radius 3 is 2.58 bits per heavy atom. The summed E-state index contributed by atoms with van der Waals surface area (Å²) in [7, 11) is 1.71. The highest BCUT2D eigenvalue weighted by atomic mass is 16.5. The Morgan fingerprint density at radius 1 is 1.15 bits per heavy atom. The van der Waals surface area contributed by atoms with E-state index in [0.29, 0.717) is 11.3 Å². The van der Waals surface area contributed by atoms with Crippen molar-refractivity contribution in [1.29, 1.82) is 0 Å². The van der Waals surface area contributed by atoms with Crippen LogP contribution in [0.4, 0.5) is 5.69 Å². The van der Waals surface area contributed by atoms with Crippen molar-refractivity contribution in [2.24, 2.45) is 0 Å². The monoisotopic (exact) mass is 351 g/mol. The molecule has 3 rings (SSSR count). The third-order valence-corrected chi connectivity index (χ3v) is 4.32. The van der Waals surface area contributed by atoms with Gasteiger partial charge in [-0.05, 0) is 43.2 Å². The van der Waals surface area contributed by atoms with Crippen molar-refractivity contribution in [2.45, 2.75) is 26.4 Å². The molecule has 2 aromatic carbocycles. The van der Waals surface area contributed by atoms with Crippen molar-refractivity contribution in [3.05, 3.63) is 70.6 Å². The van der Waals surface area contributed by atoms with Gasteiger partial charge in [-0.1, -0.05) is 25.1 Å². The lowest BCUT2D eigenvalue weighted by molar-refractivity contribution is -0.124. The zero-order valence-electron chi connectivity index (χ0n) is 15.1. The van der Waals surface area contributed by atoms with Gasteiger partial charge in [0.1, 0.15) is 11.3 Å². The Bertz CT molecular complexity index is 978. The second-order valence-corrected chi connectivity index (χ2v) is 6.10. The molecule has 0 aliphatic carbocycles. The lowest BCUT2D eigenvalue weighted by atomic mass is 10.1. The molecular formula is C21H21NO4. The summed E-state index contributed by atoms with van der Waals surface area (Å²) in [5, 5.41) is 0.875. The summed E-state index contributed by atoms with van der Waals surface area (Å²) in [6, 6.07) is 16.2. The fraction of sp³-hybridized carbons (Fsp3) is 0.238. The van der Waals surface area contributed by atoms with E-state index >= 15 is 0 Å². The number of likely N-dealkylation sites (N-methyl/N-ethyl adjacent to an activating group) is 1. The molecule has 0 N–H and O–H groups in total. The number of ether oxygens (including phenoxy) is 1. The van der Waals surface area contributed by atoms with Crippen LogP contribution in [0.25, 0.3) is 11.0 Å². The summed E-state index contributed by atoms with van der Waals surface area (Å²) in [4.78, 5) is 25.8. The highest BCUT2D eigenvalue weighted by Gasteiger charge is 2.20. The molecular weight excluding hydrogens is 330 g/mol. The van der Waals surface area contributed by atoms with E-state index in [0.717, 1.165) is 23.1 Å². The van der Waals surface area contributed by atoms with E-state index < -0.39 is 6.10 Å². The highest BCUT2D eigenvalue weighted by Crippen LogP contribution is 2.24. The van der Waals surface area contributed by atoms with Crippen LogP contribution in [0.2, 0.25) is 0 Å². The first-order chi connectivity index (χ1) is 12.5. The van der Waals surface area contributed by atoms with E-state index in [9.17, 15) is 9.59 Å². The molecule has 1 atom stereocenters. The van der Waals surface area contributed by atoms with E-state index in [1.807, 2.05) is 43.3 Å². The summed E-state index contributed by atoms with van der Waals surface area (Å²) in [5.74, 6) is 0.316. The fourth-order valence-electron chi connectivity index (χ4n) is 2.88. The number of carbonyl (C=O) groups excluding carboxylic acids is 1. The van der Waals surface area contributed by atoms with Gasteiger partial charge in [0.05, 0.1) is 0 Å². The van der Waals surface area contributed by atoms with Gasteiger partial charge in [0.2, 0.25) is 0 Å². The Hall–Kier alpha value is -3.08. The molecule has 0 fully saturated rings. The molecule has 1 aromatic heterocycles. The number of fused-ring (bicyclic) bond motifs is 1. The predicted molar refractivity (Wildman–Crippen MR) is 102 cm³/mol. The van der Waals surface area contributed by atoms with E-state index in [4.69, 9.17) is 9.15 Å². The molecule has 0 saturated carbocycles. The molecule has 1 heterocycles. The molecule has 1 amide bonds. The maximum Gasteiger partial charge on any atom is 0.336 e. The van der Waals surface area contributed by atoms with E-state index in [1.165, 1.54) is 6.07 Å². The minimum atomic E-state index is -0.682. The van der Waals surface area contributed by atoms with Gasteiger partial charge in [-0.2, -0.15) is 0 Å². The van der Waals surface area contributed by atoms with Crippen LogP contribution >= 0.6 is 0 Å². The van der Waals surface area contributed by atoms with Gasteiger partial charge in [0, 0.05) is 30.3 Å². The SMILES string of the molecule is CCc1cc(=O)oc2cc(OC(C)C(=O)N(C)c3ccccc3)ccc12. The third-order valence-electron chi connectivity index (χ3n) is 4.32. The van der Waals surface area contributed by atoms with Gasteiger partial charge in [0.15, 0.2) is 6.10 Å². The van der Waals surface area contributed by atoms with Crippen molar-refractivity contribution in [1.82, 2.24) is 0 Å². The van der Waals surface area contributed by atoms with Crippen LogP contribution in [-0.2, 0) is 11.2 Å². The number of anilines is 1. The third kappa shape index (κ3) is 3.61. The zero-order valence-corrected chi connectivity index (χ0v) is 15.1. The molecule has 0 aliphatic heterocycles. The molecule has 0 aliphatic rings. The topological polar surface area (TPSA) is 59.8 Å². The van der Waals surface area contributed by atoms with Gasteiger partial charge in [-0.3, -0.25) is 4.79 Å². The van der Waals surface area contributed by atoms with Gasteiger partial charge >= 0.3 is 5.63 Å². The van der Waals surface area contributed by atoms with Crippen molar-refractivity contribution in [2.75, 3.05) is 11.9 Å². The van der Waals surface area contributed by atoms with Crippen LogP contribution in [0.5, 0.6) is 5.75 Å². The van der Waals surface area contributed by atoms with Crippen molar-refractivity contribution in [3.8, 4) is 5.75 Å². The molecule has 134 valence electrons. The average Bonchev–Trinajstić information content (AvgIpc) is 2.66. The quantitative estimate of drug-likeness (QED) is 0.656. The predicted octanol–water partition coefficient (Wildman–Crippen LogP) is 3.79. The minimum Gasteiger partial charge on any atom is -0.481 e. The molecule has 0 bridgehead atoms. The number of rotatable bonds is 5. The fourth-order valence-corrected chi connectivity index (χ4v) is 2.88. The van der Waals surface area contributed by atoms with Crippen LogP contribution in [0.15, 0.2) is 63.8 Å². The van der Waals surface area contributed by atoms with Crippen LogP contribution < -0.4 is 15.3 Å². The Balaban J connectivity index is 1.82. The molecule has 0 radical (unpaired) electrons. The van der Waals surface area contributed by atoms with Gasteiger partial charge in [-0.15, -0.1) is 0 Å². The van der Waals surface area contributed by atoms with E-state index in [1.54, 1.807) is 31.0 Å². The molecule has 0 spiro atoms. The second-order valence-electron chi connectivity index (χ2n) is 6.10. The highest BCUT2D eigenvalue weighted by molar-refractivity contribution is 5.96. The number of aryl methyl sites for hydroxylation is 1. The number of carbonyl (C=O) groups is 1. The molecule has 0 saturated heterocycles. The Morgan fingerprint density at radius 2 is 1.88 bits per heavy atom. The number of nitrogens with zero attached hydrogens (tertiary/aromatic N) is 1.